The molecule has 19 heavy (non-hydrogen) atoms. The molecule has 1 aliphatic heterocycles. The van der Waals surface area contributed by atoms with Crippen molar-refractivity contribution in [1.29, 1.82) is 0 Å². The van der Waals surface area contributed by atoms with Crippen LogP contribution in [0, 0.1) is 0 Å². The fraction of sp³-hybridized carbons (Fsp3) is 0.533. The fourth-order valence-electron chi connectivity index (χ4n) is 3.38. The molecule has 3 rings (SSSR count). The van der Waals surface area contributed by atoms with Gasteiger partial charge < -0.3 is 10.6 Å². The van der Waals surface area contributed by atoms with Crippen LogP contribution >= 0.6 is 0 Å². The van der Waals surface area contributed by atoms with Crippen molar-refractivity contribution in [3.63, 3.8) is 0 Å². The van der Waals surface area contributed by atoms with Crippen LogP contribution in [-0.4, -0.2) is 43.5 Å². The van der Waals surface area contributed by atoms with Crippen LogP contribution in [0.3, 0.4) is 0 Å². The summed E-state index contributed by atoms with van der Waals surface area (Å²) >= 11 is 0. The van der Waals surface area contributed by atoms with Crippen LogP contribution in [0.25, 0.3) is 0 Å². The zero-order chi connectivity index (χ0) is 13.2. The molecule has 4 heteroatoms. The van der Waals surface area contributed by atoms with Gasteiger partial charge in [-0.15, -0.1) is 0 Å². The van der Waals surface area contributed by atoms with Crippen molar-refractivity contribution in [3.05, 3.63) is 35.4 Å². The number of hydrogen-bond acceptors (Lipinski definition) is 3. The number of nitrogens with zero attached hydrogens (tertiary/aromatic N) is 1. The van der Waals surface area contributed by atoms with Gasteiger partial charge in [0.15, 0.2) is 0 Å². The average Bonchev–Trinajstić information content (AvgIpc) is 2.90. The van der Waals surface area contributed by atoms with Crippen LogP contribution in [0.1, 0.15) is 23.6 Å². The molecule has 2 N–H and O–H groups in total. The fourth-order valence-corrected chi connectivity index (χ4v) is 3.38. The summed E-state index contributed by atoms with van der Waals surface area (Å²) in [5.41, 5.74) is 2.86. The minimum Gasteiger partial charge on any atom is -0.358 e. The third kappa shape index (κ3) is 2.26. The van der Waals surface area contributed by atoms with Gasteiger partial charge in [-0.25, -0.2) is 0 Å². The number of benzene rings is 1. The number of likely N-dealkylation sites (N-methyl/N-ethyl adjacent to an activating group) is 1. The summed E-state index contributed by atoms with van der Waals surface area (Å²) in [6.07, 6.45) is 2.26. The second-order valence-corrected chi connectivity index (χ2v) is 5.33. The summed E-state index contributed by atoms with van der Waals surface area (Å²) in [6.45, 7) is 2.65. The number of fused-ring (bicyclic) bond motifs is 1. The molecule has 1 heterocycles. The van der Waals surface area contributed by atoms with Gasteiger partial charge in [-0.05, 0) is 24.0 Å². The van der Waals surface area contributed by atoms with Gasteiger partial charge in [0.25, 0.3) is 0 Å². The lowest BCUT2D eigenvalue weighted by molar-refractivity contribution is -0.127. The van der Waals surface area contributed by atoms with Crippen molar-refractivity contribution in [2.75, 3.05) is 26.7 Å². The summed E-state index contributed by atoms with van der Waals surface area (Å²) in [7, 11) is 1.72. The molecule has 1 aromatic rings. The van der Waals surface area contributed by atoms with Crippen molar-refractivity contribution < 1.29 is 4.79 Å². The smallest absolute Gasteiger partial charge is 0.238 e. The van der Waals surface area contributed by atoms with Crippen LogP contribution in [0.5, 0.6) is 0 Å². The van der Waals surface area contributed by atoms with E-state index in [4.69, 9.17) is 0 Å². The molecule has 2 atom stereocenters. The Bertz CT molecular complexity index is 474. The zero-order valence-electron chi connectivity index (χ0n) is 11.4. The van der Waals surface area contributed by atoms with E-state index in [0.29, 0.717) is 6.04 Å². The largest absolute Gasteiger partial charge is 0.358 e. The first kappa shape index (κ1) is 12.6. The van der Waals surface area contributed by atoms with E-state index < -0.39 is 0 Å². The molecule has 1 aromatic carbocycles. The Hall–Kier alpha value is -1.39. The van der Waals surface area contributed by atoms with E-state index in [1.54, 1.807) is 7.05 Å². The number of carbonyl (C=O) groups is 1. The number of amides is 1. The lowest BCUT2D eigenvalue weighted by atomic mass is 10.0. The highest BCUT2D eigenvalue weighted by atomic mass is 16.2. The van der Waals surface area contributed by atoms with Crippen molar-refractivity contribution >= 4 is 5.91 Å². The second kappa shape index (κ2) is 5.31. The molecule has 2 unspecified atom stereocenters. The third-order valence-corrected chi connectivity index (χ3v) is 4.34. The summed E-state index contributed by atoms with van der Waals surface area (Å²) in [5.74, 6) is 0.122. The maximum Gasteiger partial charge on any atom is 0.238 e. The number of carbonyl (C=O) groups excluding carboxylic acids is 1. The Morgan fingerprint density at radius 3 is 3.11 bits per heavy atom. The predicted molar refractivity (Wildman–Crippen MR) is 74.9 cm³/mol. The van der Waals surface area contributed by atoms with Gasteiger partial charge in [-0.1, -0.05) is 24.3 Å². The van der Waals surface area contributed by atoms with Gasteiger partial charge in [0.1, 0.15) is 6.04 Å². The molecule has 0 saturated carbocycles. The van der Waals surface area contributed by atoms with Gasteiger partial charge >= 0.3 is 0 Å². The van der Waals surface area contributed by atoms with Gasteiger partial charge in [0.05, 0.1) is 0 Å². The standard InChI is InChI=1S/C15H21N3O/c1-16-15(19)14-10-17-8-9-18(14)13-7-6-11-4-2-3-5-12(11)13/h2-5,13-14,17H,6-10H2,1H3,(H,16,19). The summed E-state index contributed by atoms with van der Waals surface area (Å²) < 4.78 is 0. The number of rotatable bonds is 2. The highest BCUT2D eigenvalue weighted by Crippen LogP contribution is 2.36. The molecule has 0 spiro atoms. The molecule has 1 amide bonds. The molecule has 102 valence electrons. The minimum absolute atomic E-state index is 0.0464. The van der Waals surface area contributed by atoms with Crippen LogP contribution < -0.4 is 10.6 Å². The number of hydrogen-bond donors (Lipinski definition) is 2. The molecule has 0 radical (unpaired) electrons. The Labute approximate surface area is 114 Å². The SMILES string of the molecule is CNC(=O)C1CNCCN1C1CCc2ccccc21. The van der Waals surface area contributed by atoms with E-state index in [-0.39, 0.29) is 11.9 Å². The van der Waals surface area contributed by atoms with E-state index in [0.717, 1.165) is 32.5 Å². The van der Waals surface area contributed by atoms with Crippen LogP contribution in [0.15, 0.2) is 24.3 Å². The van der Waals surface area contributed by atoms with Gasteiger partial charge in [-0.2, -0.15) is 0 Å². The maximum atomic E-state index is 12.1. The Kier molecular flexibility index (Phi) is 3.53. The van der Waals surface area contributed by atoms with Crippen molar-refractivity contribution in [2.24, 2.45) is 0 Å². The number of aryl methyl sites for hydroxylation is 1. The molecular formula is C15H21N3O. The van der Waals surface area contributed by atoms with Gasteiger partial charge in [-0.3, -0.25) is 9.69 Å². The maximum absolute atomic E-state index is 12.1. The van der Waals surface area contributed by atoms with E-state index in [1.165, 1.54) is 11.1 Å². The van der Waals surface area contributed by atoms with Crippen molar-refractivity contribution in [3.8, 4) is 0 Å². The van der Waals surface area contributed by atoms with Crippen molar-refractivity contribution in [2.45, 2.75) is 24.9 Å². The summed E-state index contributed by atoms with van der Waals surface area (Å²) in [4.78, 5) is 14.4. The summed E-state index contributed by atoms with van der Waals surface area (Å²) in [6, 6.07) is 9.00. The lowest BCUT2D eigenvalue weighted by Gasteiger charge is -2.39. The Morgan fingerprint density at radius 1 is 1.42 bits per heavy atom. The summed E-state index contributed by atoms with van der Waals surface area (Å²) in [5, 5.41) is 6.12. The van der Waals surface area contributed by atoms with Gasteiger partial charge in [0, 0.05) is 32.7 Å². The van der Waals surface area contributed by atoms with E-state index in [9.17, 15) is 4.79 Å². The number of nitrogens with one attached hydrogen (secondary N) is 2. The molecule has 2 aliphatic rings. The quantitative estimate of drug-likeness (QED) is 0.821. The van der Waals surface area contributed by atoms with Crippen LogP contribution in [0.4, 0.5) is 0 Å². The number of piperazine rings is 1. The lowest BCUT2D eigenvalue weighted by Crippen LogP contribution is -2.58. The molecule has 4 nitrogen and oxygen atoms in total. The van der Waals surface area contributed by atoms with Gasteiger partial charge in [0.2, 0.25) is 5.91 Å². The zero-order valence-corrected chi connectivity index (χ0v) is 11.4. The van der Waals surface area contributed by atoms with E-state index >= 15 is 0 Å². The van der Waals surface area contributed by atoms with Crippen LogP contribution in [-0.2, 0) is 11.2 Å². The third-order valence-electron chi connectivity index (χ3n) is 4.34. The molecule has 1 fully saturated rings. The molecule has 0 aromatic heterocycles. The molecule has 0 bridgehead atoms. The monoisotopic (exact) mass is 259 g/mol. The average molecular weight is 259 g/mol. The highest BCUT2D eigenvalue weighted by Gasteiger charge is 2.36. The Balaban J connectivity index is 1.86. The first-order valence-corrected chi connectivity index (χ1v) is 7.07. The molecule has 1 aliphatic carbocycles. The van der Waals surface area contributed by atoms with Crippen LogP contribution in [0.2, 0.25) is 0 Å². The first-order chi connectivity index (χ1) is 9.31. The molecular weight excluding hydrogens is 238 g/mol. The Morgan fingerprint density at radius 2 is 2.26 bits per heavy atom. The predicted octanol–water partition coefficient (Wildman–Crippen LogP) is 0.694. The molecule has 1 saturated heterocycles. The minimum atomic E-state index is -0.0464. The first-order valence-electron chi connectivity index (χ1n) is 7.07. The van der Waals surface area contributed by atoms with Crippen molar-refractivity contribution in [1.82, 2.24) is 15.5 Å². The van der Waals surface area contributed by atoms with E-state index in [2.05, 4.69) is 39.8 Å². The normalized spacial score (nSPS) is 27.0. The van der Waals surface area contributed by atoms with E-state index in [1.807, 2.05) is 0 Å². The second-order valence-electron chi connectivity index (χ2n) is 5.33. The highest BCUT2D eigenvalue weighted by molar-refractivity contribution is 5.82. The topological polar surface area (TPSA) is 44.4 Å².